The van der Waals surface area contributed by atoms with Gasteiger partial charge in [-0.15, -0.1) is 0 Å². The average Bonchev–Trinajstić information content (AvgIpc) is 2.72. The quantitative estimate of drug-likeness (QED) is 0.411. The molecule has 1 N–H and O–H groups in total. The lowest BCUT2D eigenvalue weighted by molar-refractivity contribution is -0.114. The zero-order valence-corrected chi connectivity index (χ0v) is 19.4. The first-order valence-electron chi connectivity index (χ1n) is 9.62. The van der Waals surface area contributed by atoms with Crippen LogP contribution in [0.2, 0.25) is 6.55 Å². The lowest BCUT2D eigenvalue weighted by Gasteiger charge is -2.13. The number of nitrogens with one attached hydrogen (secondary N) is 1. The average molecular weight is 412 g/mol. The molecule has 0 bridgehead atoms. The number of hydrogen-bond acceptors (Lipinski definition) is 5. The van der Waals surface area contributed by atoms with E-state index in [4.69, 9.17) is 9.68 Å². The maximum Gasteiger partial charge on any atom is 0.273 e. The molecule has 0 radical (unpaired) electrons. The Morgan fingerprint density at radius 3 is 2.45 bits per heavy atom. The summed E-state index contributed by atoms with van der Waals surface area (Å²) in [6.45, 7) is 8.55. The zero-order valence-electron chi connectivity index (χ0n) is 18.0. The number of hydrogen-bond donors (Lipinski definition) is 1. The van der Waals surface area contributed by atoms with Crippen molar-refractivity contribution in [3.05, 3.63) is 64.2 Å². The summed E-state index contributed by atoms with van der Waals surface area (Å²) in [7, 11) is 2.73. The number of carbonyl (C=O) groups excluding carboxylic acids is 1. The van der Waals surface area contributed by atoms with Gasteiger partial charge in [0, 0.05) is 23.7 Å². The number of amides is 1. The highest BCUT2D eigenvalue weighted by atomic mass is 28.2. The Morgan fingerprint density at radius 2 is 1.79 bits per heavy atom. The minimum absolute atomic E-state index is 0.203. The molecule has 0 saturated heterocycles. The highest BCUT2D eigenvalue weighted by Gasteiger charge is 2.19. The van der Waals surface area contributed by atoms with Crippen LogP contribution in [0.15, 0.2) is 46.7 Å². The van der Waals surface area contributed by atoms with Crippen molar-refractivity contribution in [3.63, 3.8) is 0 Å². The Balaban J connectivity index is 2.31. The number of carbonyl (C=O) groups is 1. The third-order valence-corrected chi connectivity index (χ3v) is 6.44. The van der Waals surface area contributed by atoms with Crippen molar-refractivity contribution in [2.75, 3.05) is 14.2 Å². The van der Waals surface area contributed by atoms with E-state index >= 15 is 0 Å². The molecular weight excluding hydrogens is 382 g/mol. The molecule has 29 heavy (non-hydrogen) atoms. The van der Waals surface area contributed by atoms with Crippen molar-refractivity contribution in [1.29, 1.82) is 0 Å². The second-order valence-corrected chi connectivity index (χ2v) is 8.16. The van der Waals surface area contributed by atoms with Crippen LogP contribution in [0.1, 0.15) is 34.7 Å². The largest absolute Gasteiger partial charge is 0.398 e. The van der Waals surface area contributed by atoms with Crippen molar-refractivity contribution >= 4 is 32.0 Å². The summed E-state index contributed by atoms with van der Waals surface area (Å²) >= 11 is 0. The maximum atomic E-state index is 12.2. The molecule has 0 aliphatic heterocycles. The highest BCUT2D eigenvalue weighted by molar-refractivity contribution is 6.52. The van der Waals surface area contributed by atoms with E-state index in [0.29, 0.717) is 5.56 Å². The van der Waals surface area contributed by atoms with Crippen LogP contribution in [0.5, 0.6) is 0 Å². The van der Waals surface area contributed by atoms with Crippen LogP contribution in [-0.4, -0.2) is 41.0 Å². The van der Waals surface area contributed by atoms with E-state index in [9.17, 15) is 4.79 Å². The van der Waals surface area contributed by atoms with Crippen LogP contribution in [-0.2, 0) is 21.1 Å². The Bertz CT molecular complexity index is 939. The molecule has 0 spiro atoms. The number of likely N-dealkylation sites (N-methyl/N-ethyl adjacent to an activating group) is 1. The van der Waals surface area contributed by atoms with Crippen LogP contribution in [0.25, 0.3) is 0 Å². The molecule has 0 aliphatic carbocycles. The number of nitrogens with zero attached hydrogens (tertiary/aromatic N) is 2. The topological polar surface area (TPSA) is 72.3 Å². The molecule has 2 rings (SSSR count). The van der Waals surface area contributed by atoms with Gasteiger partial charge in [-0.2, -0.15) is 0 Å². The molecule has 0 fully saturated rings. The van der Waals surface area contributed by atoms with E-state index in [-0.39, 0.29) is 27.7 Å². The molecule has 2 aromatic rings. The molecule has 7 heteroatoms. The van der Waals surface area contributed by atoms with Gasteiger partial charge in [0.05, 0.1) is 15.2 Å². The minimum atomic E-state index is -0.324. The molecule has 0 atom stereocenters. The standard InChI is InChI=1S/C22H29N3O3Si/c1-14-9-7-11-18(21(25-27-5)22(26)23-4)19(14)13-28-24-16(3)17-10-8-12-20(29-6)15(17)2/h7-12H,13,29H2,1-6H3,(H,23,26)/b24-16+,25-21+. The monoisotopic (exact) mass is 411 g/mol. The van der Waals surface area contributed by atoms with Crippen molar-refractivity contribution in [2.24, 2.45) is 10.3 Å². The summed E-state index contributed by atoms with van der Waals surface area (Å²) in [6.07, 6.45) is 0. The third-order valence-electron chi connectivity index (χ3n) is 4.92. The SMILES string of the molecule is CNC(=O)/C(=N/OC)c1cccc(C)c1CO/N=C(\C)c1cccc([SiH2]C)c1C. The summed E-state index contributed by atoms with van der Waals surface area (Å²) in [4.78, 5) is 22.8. The number of rotatable bonds is 8. The van der Waals surface area contributed by atoms with Crippen molar-refractivity contribution in [3.8, 4) is 0 Å². The molecule has 6 nitrogen and oxygen atoms in total. The van der Waals surface area contributed by atoms with E-state index in [1.165, 1.54) is 17.9 Å². The molecule has 0 aliphatic rings. The molecule has 0 unspecified atom stereocenters. The molecule has 154 valence electrons. The number of oxime groups is 2. The Morgan fingerprint density at radius 1 is 1.10 bits per heavy atom. The van der Waals surface area contributed by atoms with Crippen LogP contribution in [0, 0.1) is 13.8 Å². The molecular formula is C22H29N3O3Si. The molecule has 2 aromatic carbocycles. The van der Waals surface area contributed by atoms with Gasteiger partial charge in [0.2, 0.25) is 0 Å². The Labute approximate surface area is 174 Å². The summed E-state index contributed by atoms with van der Waals surface area (Å²) in [5, 5.41) is 12.3. The van der Waals surface area contributed by atoms with E-state index in [1.807, 2.05) is 32.0 Å². The normalized spacial score (nSPS) is 12.3. The van der Waals surface area contributed by atoms with Gasteiger partial charge in [-0.3, -0.25) is 4.79 Å². The van der Waals surface area contributed by atoms with E-state index in [2.05, 4.69) is 47.3 Å². The smallest absolute Gasteiger partial charge is 0.273 e. The fraction of sp³-hybridized carbons (Fsp3) is 0.318. The fourth-order valence-electron chi connectivity index (χ4n) is 3.24. The van der Waals surface area contributed by atoms with Crippen molar-refractivity contribution in [1.82, 2.24) is 5.32 Å². The van der Waals surface area contributed by atoms with Gasteiger partial charge in [0.25, 0.3) is 5.91 Å². The van der Waals surface area contributed by atoms with E-state index in [0.717, 1.165) is 22.4 Å². The number of benzene rings is 2. The summed E-state index contributed by atoms with van der Waals surface area (Å²) < 4.78 is 0. The Hall–Kier alpha value is -2.93. The first kappa shape index (κ1) is 22.4. The predicted molar refractivity (Wildman–Crippen MR) is 121 cm³/mol. The molecule has 0 heterocycles. The summed E-state index contributed by atoms with van der Waals surface area (Å²) in [5.74, 6) is -0.324. The van der Waals surface area contributed by atoms with Crippen molar-refractivity contribution < 1.29 is 14.5 Å². The van der Waals surface area contributed by atoms with Gasteiger partial charge in [0.1, 0.15) is 13.7 Å². The summed E-state index contributed by atoms with van der Waals surface area (Å²) in [5.41, 5.74) is 5.90. The fourth-order valence-corrected chi connectivity index (χ4v) is 4.33. The predicted octanol–water partition coefficient (Wildman–Crippen LogP) is 2.18. The van der Waals surface area contributed by atoms with Gasteiger partial charge >= 0.3 is 0 Å². The van der Waals surface area contributed by atoms with Crippen LogP contribution in [0.3, 0.4) is 0 Å². The first-order valence-corrected chi connectivity index (χ1v) is 11.7. The van der Waals surface area contributed by atoms with Crippen LogP contribution >= 0.6 is 0 Å². The number of aryl methyl sites for hydroxylation is 1. The van der Waals surface area contributed by atoms with Gasteiger partial charge in [-0.05, 0) is 31.9 Å². The van der Waals surface area contributed by atoms with Crippen LogP contribution in [0.4, 0.5) is 0 Å². The minimum Gasteiger partial charge on any atom is -0.398 e. The van der Waals surface area contributed by atoms with E-state index in [1.54, 1.807) is 7.05 Å². The van der Waals surface area contributed by atoms with E-state index < -0.39 is 0 Å². The molecule has 1 amide bonds. The first-order chi connectivity index (χ1) is 13.9. The Kier molecular flexibility index (Phi) is 8.15. The van der Waals surface area contributed by atoms with Gasteiger partial charge < -0.3 is 15.0 Å². The summed E-state index contributed by atoms with van der Waals surface area (Å²) in [6, 6.07) is 12.0. The van der Waals surface area contributed by atoms with Crippen LogP contribution < -0.4 is 10.5 Å². The molecule has 0 aromatic heterocycles. The lowest BCUT2D eigenvalue weighted by Crippen LogP contribution is -2.29. The lowest BCUT2D eigenvalue weighted by atomic mass is 9.98. The second-order valence-electron chi connectivity index (χ2n) is 6.70. The van der Waals surface area contributed by atoms with Gasteiger partial charge in [0.15, 0.2) is 5.71 Å². The molecule has 0 saturated carbocycles. The van der Waals surface area contributed by atoms with Gasteiger partial charge in [-0.1, -0.05) is 58.4 Å². The zero-order chi connectivity index (χ0) is 21.4. The maximum absolute atomic E-state index is 12.2. The second kappa shape index (κ2) is 10.6. The van der Waals surface area contributed by atoms with Crippen molar-refractivity contribution in [2.45, 2.75) is 33.9 Å². The third kappa shape index (κ3) is 5.32. The highest BCUT2D eigenvalue weighted by Crippen LogP contribution is 2.18. The van der Waals surface area contributed by atoms with Gasteiger partial charge in [-0.25, -0.2) is 0 Å².